The maximum absolute atomic E-state index is 13.2. The quantitative estimate of drug-likeness (QED) is 0.683. The van der Waals surface area contributed by atoms with E-state index < -0.39 is 29.6 Å². The topological polar surface area (TPSA) is 86.0 Å². The molecular weight excluding hydrogens is 392 g/mol. The number of nitriles is 1. The van der Waals surface area contributed by atoms with Crippen LogP contribution >= 0.6 is 23.2 Å². The number of carbonyl (C=O) groups excluding carboxylic acids is 1. The van der Waals surface area contributed by atoms with Crippen molar-refractivity contribution in [2.24, 2.45) is 0 Å². The summed E-state index contributed by atoms with van der Waals surface area (Å²) in [6.45, 7) is 0.798. The van der Waals surface area contributed by atoms with Gasteiger partial charge in [0.05, 0.1) is 23.7 Å². The first-order chi connectivity index (χ1) is 12.9. The molecule has 0 saturated carbocycles. The van der Waals surface area contributed by atoms with Crippen LogP contribution < -0.4 is 5.32 Å². The van der Waals surface area contributed by atoms with Crippen LogP contribution in [0.3, 0.4) is 0 Å². The molecule has 1 aromatic heterocycles. The lowest BCUT2D eigenvalue weighted by Crippen LogP contribution is -2.43. The third-order valence-corrected chi connectivity index (χ3v) is 4.48. The molecule has 142 valence electrons. The lowest BCUT2D eigenvalue weighted by molar-refractivity contribution is -0.121. The first-order valence-corrected chi connectivity index (χ1v) is 9.03. The second-order valence-electron chi connectivity index (χ2n) is 5.96. The van der Waals surface area contributed by atoms with E-state index in [0.717, 1.165) is 11.1 Å². The highest BCUT2D eigenvalue weighted by Gasteiger charge is 2.25. The Morgan fingerprint density at radius 1 is 1.26 bits per heavy atom. The van der Waals surface area contributed by atoms with Crippen LogP contribution in [0, 0.1) is 11.3 Å². The lowest BCUT2D eigenvalue weighted by Gasteiger charge is -2.22. The Hall–Kier alpha value is -2.20. The summed E-state index contributed by atoms with van der Waals surface area (Å²) in [5.41, 5.74) is 2.81. The molecule has 2 rings (SSSR count). The summed E-state index contributed by atoms with van der Waals surface area (Å²) in [5, 5.41) is 21.5. The molecule has 0 aliphatic rings. The number of nitrogens with zero attached hydrogens (tertiary/aromatic N) is 2. The van der Waals surface area contributed by atoms with E-state index in [2.05, 4.69) is 16.4 Å². The molecular formula is C19H18Cl2FN3O2. The molecule has 1 aromatic carbocycles. The van der Waals surface area contributed by atoms with Crippen molar-refractivity contribution in [2.75, 3.05) is 6.67 Å². The van der Waals surface area contributed by atoms with Crippen molar-refractivity contribution >= 4 is 29.1 Å². The molecule has 0 spiro atoms. The van der Waals surface area contributed by atoms with Crippen LogP contribution in [0.4, 0.5) is 4.39 Å². The zero-order chi connectivity index (χ0) is 20.0. The summed E-state index contributed by atoms with van der Waals surface area (Å²) in [7, 11) is 0. The minimum absolute atomic E-state index is 0.287. The van der Waals surface area contributed by atoms with Gasteiger partial charge >= 0.3 is 0 Å². The van der Waals surface area contributed by atoms with E-state index in [-0.39, 0.29) is 5.92 Å². The van der Waals surface area contributed by atoms with Crippen LogP contribution in [0.1, 0.15) is 30.2 Å². The maximum atomic E-state index is 13.2. The van der Waals surface area contributed by atoms with Crippen molar-refractivity contribution in [3.63, 3.8) is 0 Å². The Bertz CT molecular complexity index is 807. The van der Waals surface area contributed by atoms with Crippen LogP contribution in [0.25, 0.3) is 11.1 Å². The molecule has 5 nitrogen and oxygen atoms in total. The Morgan fingerprint density at radius 3 is 2.37 bits per heavy atom. The monoisotopic (exact) mass is 409 g/mol. The van der Waals surface area contributed by atoms with Crippen molar-refractivity contribution in [1.82, 2.24) is 10.3 Å². The van der Waals surface area contributed by atoms with Gasteiger partial charge in [-0.3, -0.25) is 9.78 Å². The summed E-state index contributed by atoms with van der Waals surface area (Å²) in [6, 6.07) is 11.4. The standard InChI is InChI=1S/C19H18Cl2FN3O2/c1-11(9-23)15-7-6-14(10-24-15)12-2-4-13(5-3-12)17(26)16(8-22)25-19(27)18(20)21/h2-7,10-11,16-18,26H,8H2,1H3,(H,25,27)/t11?,16-,17+/m1/s1. The minimum Gasteiger partial charge on any atom is -0.386 e. The molecule has 0 bridgehead atoms. The maximum Gasteiger partial charge on any atom is 0.253 e. The average Bonchev–Trinajstić information content (AvgIpc) is 2.70. The van der Waals surface area contributed by atoms with Gasteiger partial charge in [-0.1, -0.05) is 53.5 Å². The van der Waals surface area contributed by atoms with E-state index in [1.807, 2.05) is 6.07 Å². The van der Waals surface area contributed by atoms with Crippen LogP contribution in [0.2, 0.25) is 0 Å². The van der Waals surface area contributed by atoms with Gasteiger partial charge in [-0.15, -0.1) is 0 Å². The van der Waals surface area contributed by atoms with Crippen LogP contribution in [-0.4, -0.2) is 33.6 Å². The number of aromatic nitrogens is 1. The van der Waals surface area contributed by atoms with E-state index in [1.165, 1.54) is 0 Å². The SMILES string of the molecule is CC(C#N)c1ccc(-c2ccc([C@H](O)[C@@H](CF)NC(=O)C(Cl)Cl)cc2)cn1. The fraction of sp³-hybridized carbons (Fsp3) is 0.316. The number of carbonyl (C=O) groups is 1. The summed E-state index contributed by atoms with van der Waals surface area (Å²) in [4.78, 5) is 14.4. The van der Waals surface area contributed by atoms with Gasteiger partial charge in [0.15, 0.2) is 4.84 Å². The first-order valence-electron chi connectivity index (χ1n) is 8.15. The van der Waals surface area contributed by atoms with Crippen LogP contribution in [0.15, 0.2) is 42.6 Å². The Morgan fingerprint density at radius 2 is 1.89 bits per heavy atom. The fourth-order valence-electron chi connectivity index (χ4n) is 2.45. The van der Waals surface area contributed by atoms with E-state index in [1.54, 1.807) is 43.5 Å². The Labute approximate surface area is 166 Å². The van der Waals surface area contributed by atoms with E-state index in [9.17, 15) is 14.3 Å². The summed E-state index contributed by atoms with van der Waals surface area (Å²) < 4.78 is 13.2. The molecule has 0 saturated heterocycles. The van der Waals surface area contributed by atoms with Crippen LogP contribution in [0.5, 0.6) is 0 Å². The second-order valence-corrected chi connectivity index (χ2v) is 7.06. The van der Waals surface area contributed by atoms with Gasteiger partial charge in [0, 0.05) is 11.8 Å². The summed E-state index contributed by atoms with van der Waals surface area (Å²) in [6.07, 6.45) is 0.414. The Balaban J connectivity index is 2.14. The molecule has 0 aliphatic carbocycles. The highest BCUT2D eigenvalue weighted by atomic mass is 35.5. The number of amides is 1. The van der Waals surface area contributed by atoms with Gasteiger partial charge in [0.25, 0.3) is 5.91 Å². The van der Waals surface area contributed by atoms with Crippen molar-refractivity contribution in [3.05, 3.63) is 53.9 Å². The molecule has 27 heavy (non-hydrogen) atoms. The fourth-order valence-corrected chi connectivity index (χ4v) is 2.58. The average molecular weight is 410 g/mol. The predicted molar refractivity (Wildman–Crippen MR) is 102 cm³/mol. The third kappa shape index (κ3) is 5.39. The number of halogens is 3. The summed E-state index contributed by atoms with van der Waals surface area (Å²) in [5.74, 6) is -1.06. The van der Waals surface area contributed by atoms with Gasteiger partial charge < -0.3 is 10.4 Å². The first kappa shape index (κ1) is 21.1. The number of alkyl halides is 3. The largest absolute Gasteiger partial charge is 0.386 e. The zero-order valence-electron chi connectivity index (χ0n) is 14.4. The normalized spacial score (nSPS) is 14.3. The van der Waals surface area contributed by atoms with Gasteiger partial charge in [0.2, 0.25) is 0 Å². The molecule has 1 heterocycles. The molecule has 0 fully saturated rings. The van der Waals surface area contributed by atoms with Crippen molar-refractivity contribution in [1.29, 1.82) is 5.26 Å². The number of rotatable bonds is 7. The van der Waals surface area contributed by atoms with Crippen molar-refractivity contribution in [2.45, 2.75) is 29.8 Å². The molecule has 1 amide bonds. The zero-order valence-corrected chi connectivity index (χ0v) is 16.0. The van der Waals surface area contributed by atoms with Crippen molar-refractivity contribution in [3.8, 4) is 17.2 Å². The molecule has 3 atom stereocenters. The number of pyridine rings is 1. The molecule has 8 heteroatoms. The van der Waals surface area contributed by atoms with Gasteiger partial charge in [-0.05, 0) is 24.1 Å². The number of hydrogen-bond acceptors (Lipinski definition) is 4. The van der Waals surface area contributed by atoms with Crippen LogP contribution in [-0.2, 0) is 4.79 Å². The molecule has 2 N–H and O–H groups in total. The molecule has 0 radical (unpaired) electrons. The predicted octanol–water partition coefficient (Wildman–Crippen LogP) is 3.67. The van der Waals surface area contributed by atoms with Crippen molar-refractivity contribution < 1.29 is 14.3 Å². The number of benzene rings is 1. The van der Waals surface area contributed by atoms with E-state index >= 15 is 0 Å². The number of hydrogen-bond donors (Lipinski definition) is 2. The smallest absolute Gasteiger partial charge is 0.253 e. The van der Waals surface area contributed by atoms with Gasteiger partial charge in [-0.2, -0.15) is 5.26 Å². The highest BCUT2D eigenvalue weighted by Crippen LogP contribution is 2.24. The third-order valence-electron chi connectivity index (χ3n) is 4.08. The van der Waals surface area contributed by atoms with Gasteiger partial charge in [-0.25, -0.2) is 4.39 Å². The number of aliphatic hydroxyl groups is 1. The van der Waals surface area contributed by atoms with E-state index in [4.69, 9.17) is 28.5 Å². The number of aliphatic hydroxyl groups excluding tert-OH is 1. The molecule has 1 unspecified atom stereocenters. The second kappa shape index (κ2) is 9.65. The molecule has 0 aliphatic heterocycles. The Kier molecular flexibility index (Phi) is 7.55. The lowest BCUT2D eigenvalue weighted by atomic mass is 9.99. The summed E-state index contributed by atoms with van der Waals surface area (Å²) >= 11 is 10.9. The molecule has 2 aromatic rings. The van der Waals surface area contributed by atoms with Gasteiger partial charge in [0.1, 0.15) is 12.8 Å². The van der Waals surface area contributed by atoms with E-state index in [0.29, 0.717) is 11.3 Å². The minimum atomic E-state index is -1.34. The highest BCUT2D eigenvalue weighted by molar-refractivity contribution is 6.53. The number of nitrogens with one attached hydrogen (secondary N) is 1.